The van der Waals surface area contributed by atoms with Crippen LogP contribution in [0.4, 0.5) is 4.39 Å². The number of hydrogen-bond acceptors (Lipinski definition) is 4. The van der Waals surface area contributed by atoms with Crippen molar-refractivity contribution in [1.82, 2.24) is 15.2 Å². The molecule has 2 aromatic rings. The van der Waals surface area contributed by atoms with Gasteiger partial charge in [-0.1, -0.05) is 32.9 Å². The van der Waals surface area contributed by atoms with Gasteiger partial charge in [-0.05, 0) is 43.5 Å². The minimum Gasteiger partial charge on any atom is -0.497 e. The van der Waals surface area contributed by atoms with Crippen LogP contribution in [0.2, 0.25) is 0 Å². The number of ether oxygens (including phenoxy) is 1. The van der Waals surface area contributed by atoms with Crippen molar-refractivity contribution < 1.29 is 13.9 Å². The van der Waals surface area contributed by atoms with E-state index in [1.54, 1.807) is 18.3 Å². The highest BCUT2D eigenvalue weighted by molar-refractivity contribution is 5.81. The van der Waals surface area contributed by atoms with Crippen molar-refractivity contribution in [3.05, 3.63) is 59.7 Å². The summed E-state index contributed by atoms with van der Waals surface area (Å²) < 4.78 is 19.5. The summed E-state index contributed by atoms with van der Waals surface area (Å²) in [6.45, 7) is 7.96. The molecule has 2 heterocycles. The highest BCUT2D eigenvalue weighted by Crippen LogP contribution is 2.31. The maximum atomic E-state index is 14.4. The molecule has 30 heavy (non-hydrogen) atoms. The molecular weight excluding hydrogens is 381 g/mol. The average molecular weight is 414 g/mol. The summed E-state index contributed by atoms with van der Waals surface area (Å²) in [5.74, 6) is 0.490. The van der Waals surface area contributed by atoms with Gasteiger partial charge in [0.05, 0.1) is 18.8 Å². The summed E-state index contributed by atoms with van der Waals surface area (Å²) in [6, 6.07) is 10.6. The van der Waals surface area contributed by atoms with Crippen LogP contribution in [0.3, 0.4) is 0 Å². The van der Waals surface area contributed by atoms with Crippen molar-refractivity contribution in [3.8, 4) is 5.75 Å². The third-order valence-corrected chi connectivity index (χ3v) is 5.64. The smallest absolute Gasteiger partial charge is 0.225 e. The molecule has 0 unspecified atom stereocenters. The molecule has 1 aliphatic heterocycles. The SMILES string of the molecule is COc1ccc(CN2CCC[C@H]([C@@H](NC(=O)C(C)(C)C)c3ccccn3)C2)c(F)c1. The Morgan fingerprint density at radius 3 is 2.77 bits per heavy atom. The van der Waals surface area contributed by atoms with Crippen molar-refractivity contribution in [2.24, 2.45) is 11.3 Å². The van der Waals surface area contributed by atoms with Gasteiger partial charge in [-0.3, -0.25) is 14.7 Å². The van der Waals surface area contributed by atoms with E-state index in [1.165, 1.54) is 13.2 Å². The molecule has 0 saturated carbocycles. The molecule has 1 aliphatic rings. The van der Waals surface area contributed by atoms with Crippen LogP contribution in [0, 0.1) is 17.2 Å². The van der Waals surface area contributed by atoms with Gasteiger partial charge in [0, 0.05) is 36.3 Å². The van der Waals surface area contributed by atoms with E-state index in [4.69, 9.17) is 4.74 Å². The summed E-state index contributed by atoms with van der Waals surface area (Å²) in [4.78, 5) is 19.5. The van der Waals surface area contributed by atoms with Gasteiger partial charge in [0.1, 0.15) is 11.6 Å². The summed E-state index contributed by atoms with van der Waals surface area (Å²) >= 11 is 0. The normalized spacial score (nSPS) is 18.6. The number of aromatic nitrogens is 1. The Morgan fingerprint density at radius 2 is 2.13 bits per heavy atom. The molecule has 1 fully saturated rings. The van der Waals surface area contributed by atoms with Gasteiger partial charge >= 0.3 is 0 Å². The first-order valence-electron chi connectivity index (χ1n) is 10.5. The summed E-state index contributed by atoms with van der Waals surface area (Å²) in [6.07, 6.45) is 3.75. The zero-order valence-corrected chi connectivity index (χ0v) is 18.3. The van der Waals surface area contributed by atoms with Gasteiger partial charge in [0.2, 0.25) is 5.91 Å². The first-order valence-corrected chi connectivity index (χ1v) is 10.5. The van der Waals surface area contributed by atoms with Gasteiger partial charge in [-0.15, -0.1) is 0 Å². The number of methoxy groups -OCH3 is 1. The molecule has 0 radical (unpaired) electrons. The number of halogens is 1. The lowest BCUT2D eigenvalue weighted by Gasteiger charge is -2.38. The lowest BCUT2D eigenvalue weighted by atomic mass is 9.86. The first kappa shape index (κ1) is 22.2. The van der Waals surface area contributed by atoms with Crippen LogP contribution in [0.5, 0.6) is 5.75 Å². The molecule has 0 bridgehead atoms. The van der Waals surface area contributed by atoms with Gasteiger partial charge in [-0.2, -0.15) is 0 Å². The van der Waals surface area contributed by atoms with Gasteiger partial charge in [0.15, 0.2) is 0 Å². The zero-order valence-electron chi connectivity index (χ0n) is 18.3. The Balaban J connectivity index is 1.76. The largest absolute Gasteiger partial charge is 0.497 e. The molecule has 1 aromatic heterocycles. The number of hydrogen-bond donors (Lipinski definition) is 1. The molecule has 6 heteroatoms. The molecular formula is C24H32FN3O2. The number of piperidine rings is 1. The Labute approximate surface area is 178 Å². The molecule has 1 saturated heterocycles. The number of amides is 1. The maximum absolute atomic E-state index is 14.4. The van der Waals surface area contributed by atoms with Crippen LogP contribution >= 0.6 is 0 Å². The highest BCUT2D eigenvalue weighted by Gasteiger charge is 2.33. The highest BCUT2D eigenvalue weighted by atomic mass is 19.1. The van der Waals surface area contributed by atoms with Crippen molar-refractivity contribution >= 4 is 5.91 Å². The molecule has 3 rings (SSSR count). The van der Waals surface area contributed by atoms with Gasteiger partial charge < -0.3 is 10.1 Å². The number of likely N-dealkylation sites (tertiary alicyclic amines) is 1. The maximum Gasteiger partial charge on any atom is 0.225 e. The second-order valence-corrected chi connectivity index (χ2v) is 9.05. The van der Waals surface area contributed by atoms with Crippen LogP contribution in [-0.2, 0) is 11.3 Å². The van der Waals surface area contributed by atoms with E-state index >= 15 is 0 Å². The Hall–Kier alpha value is -2.47. The predicted octanol–water partition coefficient (Wildman–Crippen LogP) is 4.34. The van der Waals surface area contributed by atoms with E-state index in [-0.39, 0.29) is 23.7 Å². The second kappa shape index (κ2) is 9.56. The van der Waals surface area contributed by atoms with Crippen molar-refractivity contribution in [3.63, 3.8) is 0 Å². The van der Waals surface area contributed by atoms with E-state index in [1.807, 2.05) is 39.0 Å². The van der Waals surface area contributed by atoms with Crippen LogP contribution in [0.15, 0.2) is 42.6 Å². The lowest BCUT2D eigenvalue weighted by Crippen LogP contribution is -2.45. The topological polar surface area (TPSA) is 54.5 Å². The van der Waals surface area contributed by atoms with E-state index in [0.717, 1.165) is 31.6 Å². The molecule has 2 atom stereocenters. The van der Waals surface area contributed by atoms with Gasteiger partial charge in [-0.25, -0.2) is 4.39 Å². The number of pyridine rings is 1. The van der Waals surface area contributed by atoms with Crippen molar-refractivity contribution in [1.29, 1.82) is 0 Å². The van der Waals surface area contributed by atoms with Crippen LogP contribution in [0.1, 0.15) is 50.9 Å². The van der Waals surface area contributed by atoms with Crippen LogP contribution in [0.25, 0.3) is 0 Å². The molecule has 1 amide bonds. The first-order chi connectivity index (χ1) is 14.3. The van der Waals surface area contributed by atoms with E-state index < -0.39 is 5.41 Å². The van der Waals surface area contributed by atoms with Gasteiger partial charge in [0.25, 0.3) is 0 Å². The predicted molar refractivity (Wildman–Crippen MR) is 116 cm³/mol. The average Bonchev–Trinajstić information content (AvgIpc) is 2.73. The number of nitrogens with zero attached hydrogens (tertiary/aromatic N) is 2. The summed E-state index contributed by atoms with van der Waals surface area (Å²) in [5, 5.41) is 3.24. The minimum absolute atomic E-state index is 0.0106. The second-order valence-electron chi connectivity index (χ2n) is 9.05. The third kappa shape index (κ3) is 5.57. The van der Waals surface area contributed by atoms with Crippen molar-refractivity contribution in [2.45, 2.75) is 46.2 Å². The number of benzene rings is 1. The van der Waals surface area contributed by atoms with E-state index in [0.29, 0.717) is 17.9 Å². The third-order valence-electron chi connectivity index (χ3n) is 5.64. The quantitative estimate of drug-likeness (QED) is 0.765. The summed E-state index contributed by atoms with van der Waals surface area (Å²) in [5.41, 5.74) is 1.05. The Morgan fingerprint density at radius 1 is 1.33 bits per heavy atom. The van der Waals surface area contributed by atoms with Crippen LogP contribution < -0.4 is 10.1 Å². The van der Waals surface area contributed by atoms with Crippen molar-refractivity contribution in [2.75, 3.05) is 20.2 Å². The number of rotatable bonds is 6. The molecule has 1 aromatic carbocycles. The fraction of sp³-hybridized carbons (Fsp3) is 0.500. The fourth-order valence-corrected chi connectivity index (χ4v) is 3.88. The monoisotopic (exact) mass is 413 g/mol. The van der Waals surface area contributed by atoms with Crippen LogP contribution in [-0.4, -0.2) is 36.0 Å². The molecule has 1 N–H and O–H groups in total. The molecule has 5 nitrogen and oxygen atoms in total. The molecule has 162 valence electrons. The number of carbonyl (C=O) groups excluding carboxylic acids is 1. The Bertz CT molecular complexity index is 851. The Kier molecular flexibility index (Phi) is 7.08. The number of nitrogens with one attached hydrogen (secondary N) is 1. The fourth-order valence-electron chi connectivity index (χ4n) is 3.88. The summed E-state index contributed by atoms with van der Waals surface area (Å²) in [7, 11) is 1.54. The minimum atomic E-state index is -0.479. The number of carbonyl (C=O) groups is 1. The lowest BCUT2D eigenvalue weighted by molar-refractivity contribution is -0.130. The molecule has 0 aliphatic carbocycles. The molecule has 0 spiro atoms. The van der Waals surface area contributed by atoms with E-state index in [9.17, 15) is 9.18 Å². The van der Waals surface area contributed by atoms with E-state index in [2.05, 4.69) is 15.2 Å². The standard InChI is InChI=1S/C24H32FN3O2/c1-24(2,3)23(29)27-22(21-9-5-6-12-26-21)18-8-7-13-28(16-18)15-17-10-11-19(30-4)14-20(17)25/h5-6,9-12,14,18,22H,7-8,13,15-16H2,1-4H3,(H,27,29)/t18-,22+/m0/s1. The zero-order chi connectivity index (χ0) is 21.7.